The van der Waals surface area contributed by atoms with Crippen LogP contribution in [0.15, 0.2) is 24.3 Å². The molecule has 1 aliphatic heterocycles. The van der Waals surface area contributed by atoms with E-state index in [1.165, 1.54) is 12.1 Å². The molecular weight excluding hydrogens is 282 g/mol. The van der Waals surface area contributed by atoms with E-state index < -0.39 is 6.61 Å². The number of halogens is 2. The van der Waals surface area contributed by atoms with Crippen LogP contribution in [-0.2, 0) is 4.79 Å². The molecule has 116 valence electrons. The van der Waals surface area contributed by atoms with E-state index in [1.54, 1.807) is 12.1 Å². The fraction of sp³-hybridized carbons (Fsp3) is 0.500. The zero-order valence-electron chi connectivity index (χ0n) is 11.5. The molecule has 0 saturated carbocycles. The minimum atomic E-state index is -2.94. The Morgan fingerprint density at radius 3 is 2.71 bits per heavy atom. The number of anilines is 1. The Balaban J connectivity index is 1.90. The standard InChI is InChI=1S/C14H18F2N2O3/c15-14(16)21-12-4-2-1-3-11(12)17-13(20)9-18-7-5-10(19)6-8-18/h1-4,10,14,19H,5-9H2,(H,17,20). The molecule has 2 rings (SSSR count). The predicted molar refractivity (Wildman–Crippen MR) is 73.4 cm³/mol. The number of nitrogens with one attached hydrogen (secondary N) is 1. The molecule has 1 saturated heterocycles. The number of piperidine rings is 1. The van der Waals surface area contributed by atoms with Crippen molar-refractivity contribution in [2.75, 3.05) is 25.0 Å². The Kier molecular flexibility index (Phi) is 5.46. The van der Waals surface area contributed by atoms with Gasteiger partial charge in [0.05, 0.1) is 18.3 Å². The summed E-state index contributed by atoms with van der Waals surface area (Å²) in [5.74, 6) is -0.355. The minimum absolute atomic E-state index is 0.0603. The van der Waals surface area contributed by atoms with Gasteiger partial charge in [-0.15, -0.1) is 0 Å². The third-order valence-corrected chi connectivity index (χ3v) is 3.30. The summed E-state index contributed by atoms with van der Waals surface area (Å²) in [5.41, 5.74) is 0.222. The topological polar surface area (TPSA) is 61.8 Å². The summed E-state index contributed by atoms with van der Waals surface area (Å²) in [7, 11) is 0. The van der Waals surface area contributed by atoms with Gasteiger partial charge in [0.1, 0.15) is 5.75 Å². The van der Waals surface area contributed by atoms with Gasteiger partial charge in [0.2, 0.25) is 5.91 Å². The first-order valence-corrected chi connectivity index (χ1v) is 6.78. The van der Waals surface area contributed by atoms with E-state index in [2.05, 4.69) is 10.1 Å². The summed E-state index contributed by atoms with van der Waals surface area (Å²) in [4.78, 5) is 13.9. The number of amides is 1. The van der Waals surface area contributed by atoms with Gasteiger partial charge in [0.15, 0.2) is 0 Å². The normalized spacial score (nSPS) is 17.0. The molecule has 21 heavy (non-hydrogen) atoms. The molecule has 0 aliphatic carbocycles. The quantitative estimate of drug-likeness (QED) is 0.868. The summed E-state index contributed by atoms with van der Waals surface area (Å²) < 4.78 is 28.9. The zero-order valence-corrected chi connectivity index (χ0v) is 11.5. The number of likely N-dealkylation sites (tertiary alicyclic amines) is 1. The van der Waals surface area contributed by atoms with Gasteiger partial charge >= 0.3 is 6.61 Å². The first kappa shape index (κ1) is 15.7. The lowest BCUT2D eigenvalue weighted by Crippen LogP contribution is -2.40. The fourth-order valence-electron chi connectivity index (χ4n) is 2.24. The average molecular weight is 300 g/mol. The van der Waals surface area contributed by atoms with Crippen molar-refractivity contribution in [3.63, 3.8) is 0 Å². The molecule has 5 nitrogen and oxygen atoms in total. The number of nitrogens with zero attached hydrogens (tertiary/aromatic N) is 1. The average Bonchev–Trinajstić information content (AvgIpc) is 2.43. The maximum Gasteiger partial charge on any atom is 0.387 e. The van der Waals surface area contributed by atoms with E-state index >= 15 is 0 Å². The molecule has 0 atom stereocenters. The van der Waals surface area contributed by atoms with E-state index in [1.807, 2.05) is 4.90 Å². The zero-order chi connectivity index (χ0) is 15.2. The third-order valence-electron chi connectivity index (χ3n) is 3.30. The lowest BCUT2D eigenvalue weighted by molar-refractivity contribution is -0.117. The lowest BCUT2D eigenvalue weighted by atomic mass is 10.1. The van der Waals surface area contributed by atoms with Crippen LogP contribution in [0.4, 0.5) is 14.5 Å². The summed E-state index contributed by atoms with van der Waals surface area (Å²) in [6.07, 6.45) is 0.973. The number of hydrogen-bond donors (Lipinski definition) is 2. The van der Waals surface area contributed by atoms with E-state index in [-0.39, 0.29) is 30.0 Å². The van der Waals surface area contributed by atoms with Crippen LogP contribution in [0, 0.1) is 0 Å². The van der Waals surface area contributed by atoms with Crippen LogP contribution in [0.5, 0.6) is 5.75 Å². The van der Waals surface area contributed by atoms with Gasteiger partial charge in [-0.05, 0) is 25.0 Å². The smallest absolute Gasteiger partial charge is 0.387 e. The molecule has 0 bridgehead atoms. The summed E-state index contributed by atoms with van der Waals surface area (Å²) in [6, 6.07) is 6.07. The van der Waals surface area contributed by atoms with Crippen LogP contribution < -0.4 is 10.1 Å². The highest BCUT2D eigenvalue weighted by Gasteiger charge is 2.19. The molecule has 0 spiro atoms. The monoisotopic (exact) mass is 300 g/mol. The first-order valence-electron chi connectivity index (χ1n) is 6.78. The minimum Gasteiger partial charge on any atom is -0.433 e. The highest BCUT2D eigenvalue weighted by atomic mass is 19.3. The number of carbonyl (C=O) groups is 1. The largest absolute Gasteiger partial charge is 0.433 e. The van der Waals surface area contributed by atoms with E-state index in [4.69, 9.17) is 0 Å². The van der Waals surface area contributed by atoms with Crippen LogP contribution in [0.25, 0.3) is 0 Å². The van der Waals surface area contributed by atoms with Crippen LogP contribution in [0.1, 0.15) is 12.8 Å². The number of carbonyl (C=O) groups excluding carboxylic acids is 1. The molecule has 0 aromatic heterocycles. The highest BCUT2D eigenvalue weighted by molar-refractivity contribution is 5.93. The van der Waals surface area contributed by atoms with Crippen molar-refractivity contribution >= 4 is 11.6 Å². The molecular formula is C14H18F2N2O3. The molecule has 1 aromatic carbocycles. The van der Waals surface area contributed by atoms with Crippen molar-refractivity contribution in [3.05, 3.63) is 24.3 Å². The van der Waals surface area contributed by atoms with Gasteiger partial charge in [-0.3, -0.25) is 9.69 Å². The second-order valence-corrected chi connectivity index (χ2v) is 4.93. The Morgan fingerprint density at radius 2 is 2.05 bits per heavy atom. The van der Waals surface area contributed by atoms with Crippen molar-refractivity contribution in [2.24, 2.45) is 0 Å². The maximum absolute atomic E-state index is 12.3. The summed E-state index contributed by atoms with van der Waals surface area (Å²) in [6.45, 7) is -1.49. The maximum atomic E-state index is 12.3. The van der Waals surface area contributed by atoms with Crippen molar-refractivity contribution < 1.29 is 23.4 Å². The van der Waals surface area contributed by atoms with Gasteiger partial charge < -0.3 is 15.2 Å². The number of ether oxygens (including phenoxy) is 1. The van der Waals surface area contributed by atoms with Crippen molar-refractivity contribution in [2.45, 2.75) is 25.6 Å². The Bertz CT molecular complexity index is 477. The van der Waals surface area contributed by atoms with Gasteiger partial charge in [-0.1, -0.05) is 12.1 Å². The highest BCUT2D eigenvalue weighted by Crippen LogP contribution is 2.25. The third kappa shape index (κ3) is 4.95. The van der Waals surface area contributed by atoms with Crippen molar-refractivity contribution in [1.29, 1.82) is 0 Å². The van der Waals surface area contributed by atoms with Crippen LogP contribution >= 0.6 is 0 Å². The van der Waals surface area contributed by atoms with Gasteiger partial charge in [0, 0.05) is 13.1 Å². The lowest BCUT2D eigenvalue weighted by Gasteiger charge is -2.28. The number of rotatable bonds is 5. The first-order chi connectivity index (χ1) is 10.0. The molecule has 2 N–H and O–H groups in total. The number of aliphatic hydroxyl groups excluding tert-OH is 1. The summed E-state index contributed by atoms with van der Waals surface area (Å²) >= 11 is 0. The second kappa shape index (κ2) is 7.33. The number of benzene rings is 1. The molecule has 1 amide bonds. The van der Waals surface area contributed by atoms with Gasteiger partial charge in [-0.25, -0.2) is 0 Å². The van der Waals surface area contributed by atoms with Crippen LogP contribution in [0.3, 0.4) is 0 Å². The number of aliphatic hydroxyl groups is 1. The molecule has 1 aliphatic rings. The number of alkyl halides is 2. The molecule has 1 fully saturated rings. The van der Waals surface area contributed by atoms with E-state index in [9.17, 15) is 18.7 Å². The Labute approximate surface area is 121 Å². The molecule has 7 heteroatoms. The molecule has 1 aromatic rings. The predicted octanol–water partition coefficient (Wildman–Crippen LogP) is 1.68. The van der Waals surface area contributed by atoms with Gasteiger partial charge in [-0.2, -0.15) is 8.78 Å². The molecule has 0 unspecified atom stereocenters. The summed E-state index contributed by atoms with van der Waals surface area (Å²) in [5, 5.41) is 12.0. The Morgan fingerprint density at radius 1 is 1.38 bits per heavy atom. The number of para-hydroxylation sites is 2. The van der Waals surface area contributed by atoms with Gasteiger partial charge in [0.25, 0.3) is 0 Å². The van der Waals surface area contributed by atoms with Crippen molar-refractivity contribution in [1.82, 2.24) is 4.90 Å². The second-order valence-electron chi connectivity index (χ2n) is 4.93. The number of hydrogen-bond acceptors (Lipinski definition) is 4. The fourth-order valence-corrected chi connectivity index (χ4v) is 2.24. The van der Waals surface area contributed by atoms with E-state index in [0.29, 0.717) is 25.9 Å². The van der Waals surface area contributed by atoms with Crippen LogP contribution in [-0.4, -0.2) is 48.3 Å². The molecule has 0 radical (unpaired) electrons. The Hall–Kier alpha value is -1.73. The molecule has 1 heterocycles. The van der Waals surface area contributed by atoms with E-state index in [0.717, 1.165) is 0 Å². The van der Waals surface area contributed by atoms with Crippen molar-refractivity contribution in [3.8, 4) is 5.75 Å². The van der Waals surface area contributed by atoms with Crippen LogP contribution in [0.2, 0.25) is 0 Å². The SMILES string of the molecule is O=C(CN1CCC(O)CC1)Nc1ccccc1OC(F)F.